The Kier molecular flexibility index (Phi) is 5.17. The number of hydrogen-bond donors (Lipinski definition) is 3. The number of thiol groups is 1. The van der Waals surface area contributed by atoms with Crippen molar-refractivity contribution in [1.29, 1.82) is 0 Å². The molecule has 4 rings (SSSR count). The zero-order chi connectivity index (χ0) is 19.9. The molecule has 1 aliphatic rings. The zero-order valence-electron chi connectivity index (χ0n) is 15.2. The van der Waals surface area contributed by atoms with E-state index >= 15 is 0 Å². The number of thioether (sulfide) groups is 1. The molecule has 0 amide bonds. The highest BCUT2D eigenvalue weighted by Crippen LogP contribution is 2.34. The molecule has 3 aromatic rings. The van der Waals surface area contributed by atoms with Crippen molar-refractivity contribution in [2.45, 2.75) is 17.1 Å². The fraction of sp³-hybridized carbons (Fsp3) is 0.211. The summed E-state index contributed by atoms with van der Waals surface area (Å²) >= 11 is 5.98. The summed E-state index contributed by atoms with van der Waals surface area (Å²) in [6.07, 6.45) is 0. The Morgan fingerprint density at radius 1 is 1.29 bits per heavy atom. The highest BCUT2D eigenvalue weighted by atomic mass is 32.3. The molecule has 0 aliphatic carbocycles. The lowest BCUT2D eigenvalue weighted by atomic mass is 10.2. The smallest absolute Gasteiger partial charge is 0.273 e. The molecule has 2 aromatic carbocycles. The van der Waals surface area contributed by atoms with E-state index in [1.807, 2.05) is 31.2 Å². The average molecular weight is 433 g/mol. The van der Waals surface area contributed by atoms with Crippen LogP contribution in [0.2, 0.25) is 0 Å². The second kappa shape index (κ2) is 7.47. The van der Waals surface area contributed by atoms with Crippen molar-refractivity contribution in [2.24, 2.45) is 10.7 Å². The van der Waals surface area contributed by atoms with E-state index in [0.29, 0.717) is 24.3 Å². The molecule has 9 heteroatoms. The van der Waals surface area contributed by atoms with Gasteiger partial charge in [-0.3, -0.25) is 4.99 Å². The SMILES string of the molecule is Cc1cccc(S(=O)(=O)N(S)c2cccc3cc(C4=NCC(CN)S4)[nH]c23)c1. The first kappa shape index (κ1) is 19.4. The second-order valence-electron chi connectivity index (χ2n) is 6.61. The fourth-order valence-electron chi connectivity index (χ4n) is 3.11. The Bertz CT molecular complexity index is 1170. The molecule has 0 radical (unpaired) electrons. The summed E-state index contributed by atoms with van der Waals surface area (Å²) in [5, 5.41) is 2.07. The second-order valence-corrected chi connectivity index (χ2v) is 10.4. The molecule has 1 atom stereocenters. The van der Waals surface area contributed by atoms with Gasteiger partial charge in [-0.25, -0.2) is 12.1 Å². The molecule has 2 heterocycles. The molecule has 0 saturated heterocycles. The van der Waals surface area contributed by atoms with Crippen LogP contribution in [0.4, 0.5) is 5.69 Å². The van der Waals surface area contributed by atoms with E-state index in [9.17, 15) is 8.42 Å². The molecule has 28 heavy (non-hydrogen) atoms. The van der Waals surface area contributed by atoms with Crippen LogP contribution in [0.1, 0.15) is 11.3 Å². The molecule has 0 fully saturated rings. The number of aliphatic imine (C=N–C) groups is 1. The van der Waals surface area contributed by atoms with Crippen LogP contribution in [0.25, 0.3) is 10.9 Å². The molecular weight excluding hydrogens is 412 g/mol. The van der Waals surface area contributed by atoms with Gasteiger partial charge in [-0.1, -0.05) is 36.0 Å². The Labute approximate surface area is 173 Å². The number of para-hydroxylation sites is 1. The highest BCUT2D eigenvalue weighted by Gasteiger charge is 2.26. The third-order valence-electron chi connectivity index (χ3n) is 4.57. The fourth-order valence-corrected chi connectivity index (χ4v) is 5.70. The maximum absolute atomic E-state index is 13.1. The lowest BCUT2D eigenvalue weighted by molar-refractivity contribution is 0.598. The van der Waals surface area contributed by atoms with Gasteiger partial charge in [0.25, 0.3) is 10.0 Å². The van der Waals surface area contributed by atoms with Crippen molar-refractivity contribution >= 4 is 56.2 Å². The standard InChI is InChI=1S/C19H20N4O2S3/c1-12-4-2-6-15(8-12)28(24,25)23(26)17-7-3-5-13-9-16(22-18(13)17)19-21-11-14(10-20)27-19/h2-9,14,22,26H,10-11,20H2,1H3. The van der Waals surface area contributed by atoms with Gasteiger partial charge < -0.3 is 10.7 Å². The number of sulfonamides is 1. The maximum Gasteiger partial charge on any atom is 0.273 e. The van der Waals surface area contributed by atoms with Crippen molar-refractivity contribution < 1.29 is 8.42 Å². The van der Waals surface area contributed by atoms with Gasteiger partial charge in [-0.15, -0.1) is 0 Å². The molecule has 1 aliphatic heterocycles. The van der Waals surface area contributed by atoms with Crippen LogP contribution >= 0.6 is 24.6 Å². The number of benzene rings is 2. The molecule has 1 aromatic heterocycles. The minimum absolute atomic E-state index is 0.202. The highest BCUT2D eigenvalue weighted by molar-refractivity contribution is 8.15. The Morgan fingerprint density at radius 3 is 2.79 bits per heavy atom. The lowest BCUT2D eigenvalue weighted by Gasteiger charge is -2.19. The van der Waals surface area contributed by atoms with Crippen LogP contribution in [0, 0.1) is 6.92 Å². The van der Waals surface area contributed by atoms with Crippen molar-refractivity contribution in [3.8, 4) is 0 Å². The number of nitrogens with one attached hydrogen (secondary N) is 1. The normalized spacial score (nSPS) is 17.1. The van der Waals surface area contributed by atoms with Crippen molar-refractivity contribution in [1.82, 2.24) is 4.98 Å². The number of aromatic amines is 1. The predicted octanol–water partition coefficient (Wildman–Crippen LogP) is 3.34. The van der Waals surface area contributed by atoms with E-state index in [-0.39, 0.29) is 10.1 Å². The zero-order valence-corrected chi connectivity index (χ0v) is 17.7. The van der Waals surface area contributed by atoms with Crippen LogP contribution in [-0.2, 0) is 10.0 Å². The van der Waals surface area contributed by atoms with Crippen molar-refractivity contribution in [2.75, 3.05) is 16.8 Å². The van der Waals surface area contributed by atoms with Crippen LogP contribution in [-0.4, -0.2) is 36.8 Å². The van der Waals surface area contributed by atoms with Gasteiger partial charge in [0.05, 0.1) is 28.3 Å². The van der Waals surface area contributed by atoms with E-state index in [1.54, 1.807) is 36.0 Å². The van der Waals surface area contributed by atoms with Gasteiger partial charge in [0.15, 0.2) is 0 Å². The van der Waals surface area contributed by atoms with E-state index in [1.165, 1.54) is 0 Å². The summed E-state index contributed by atoms with van der Waals surface area (Å²) in [7, 11) is -3.80. The molecular formula is C19H20N4O2S3. The Balaban J connectivity index is 1.75. The van der Waals surface area contributed by atoms with Gasteiger partial charge in [-0.2, -0.15) is 0 Å². The van der Waals surface area contributed by atoms with Gasteiger partial charge >= 0.3 is 0 Å². The molecule has 0 saturated carbocycles. The number of fused-ring (bicyclic) bond motifs is 1. The monoisotopic (exact) mass is 432 g/mol. The third kappa shape index (κ3) is 3.43. The number of aryl methyl sites for hydroxylation is 1. The first-order chi connectivity index (χ1) is 13.4. The molecule has 6 nitrogen and oxygen atoms in total. The minimum atomic E-state index is -3.80. The quantitative estimate of drug-likeness (QED) is 0.539. The largest absolute Gasteiger partial charge is 0.351 e. The number of aromatic nitrogens is 1. The van der Waals surface area contributed by atoms with Crippen molar-refractivity contribution in [3.63, 3.8) is 0 Å². The first-order valence-corrected chi connectivity index (χ1v) is 11.5. The topological polar surface area (TPSA) is 91.6 Å². The lowest BCUT2D eigenvalue weighted by Crippen LogP contribution is -2.21. The third-order valence-corrected chi connectivity index (χ3v) is 8.17. The van der Waals surface area contributed by atoms with Gasteiger partial charge in [0, 0.05) is 17.2 Å². The van der Waals surface area contributed by atoms with E-state index in [2.05, 4.69) is 22.8 Å². The molecule has 146 valence electrons. The van der Waals surface area contributed by atoms with E-state index in [4.69, 9.17) is 5.73 Å². The summed E-state index contributed by atoms with van der Waals surface area (Å²) < 4.78 is 27.2. The van der Waals surface area contributed by atoms with Crippen molar-refractivity contribution in [3.05, 3.63) is 59.8 Å². The molecule has 1 unspecified atom stereocenters. The molecule has 3 N–H and O–H groups in total. The van der Waals surface area contributed by atoms with Crippen LogP contribution in [0.3, 0.4) is 0 Å². The molecule has 0 spiro atoms. The van der Waals surface area contributed by atoms with Gasteiger partial charge in [0.2, 0.25) is 0 Å². The van der Waals surface area contributed by atoms with E-state index < -0.39 is 10.0 Å². The first-order valence-electron chi connectivity index (χ1n) is 8.74. The van der Waals surface area contributed by atoms with Gasteiger partial charge in [-0.05, 0) is 49.6 Å². The van der Waals surface area contributed by atoms with E-state index in [0.717, 1.165) is 25.4 Å². The summed E-state index contributed by atoms with van der Waals surface area (Å²) in [6, 6.07) is 14.2. The summed E-state index contributed by atoms with van der Waals surface area (Å²) in [4.78, 5) is 8.07. The number of nitrogens with zero attached hydrogens (tertiary/aromatic N) is 2. The number of H-pyrrole nitrogens is 1. The molecule has 0 bridgehead atoms. The summed E-state index contributed by atoms with van der Waals surface area (Å²) in [5.41, 5.74) is 8.63. The maximum atomic E-state index is 13.1. The van der Waals surface area contributed by atoms with Crippen LogP contribution in [0.5, 0.6) is 0 Å². The summed E-state index contributed by atoms with van der Waals surface area (Å²) in [5.74, 6) is 0. The predicted molar refractivity (Wildman–Crippen MR) is 120 cm³/mol. The Hall–Kier alpha value is -1.94. The Morgan fingerprint density at radius 2 is 2.07 bits per heavy atom. The average Bonchev–Trinajstić information content (AvgIpc) is 3.33. The number of anilines is 1. The summed E-state index contributed by atoms with van der Waals surface area (Å²) in [6.45, 7) is 3.12. The number of hydrogen-bond acceptors (Lipinski definition) is 6. The van der Waals surface area contributed by atoms with Crippen LogP contribution < -0.4 is 9.44 Å². The van der Waals surface area contributed by atoms with Crippen LogP contribution in [0.15, 0.2) is 58.4 Å². The minimum Gasteiger partial charge on any atom is -0.351 e. The number of nitrogens with two attached hydrogens (primary N) is 1. The number of rotatable bonds is 5. The van der Waals surface area contributed by atoms with Gasteiger partial charge in [0.1, 0.15) is 5.04 Å².